The summed E-state index contributed by atoms with van der Waals surface area (Å²) in [5.41, 5.74) is 1.28. The molecule has 1 aliphatic carbocycles. The number of methoxy groups -OCH3 is 1. The number of aromatic nitrogens is 2. The van der Waals surface area contributed by atoms with E-state index in [-0.39, 0.29) is 0 Å². The molecule has 1 aromatic rings. The van der Waals surface area contributed by atoms with E-state index in [1.54, 1.807) is 0 Å². The van der Waals surface area contributed by atoms with Gasteiger partial charge in [-0.05, 0) is 25.7 Å². The van der Waals surface area contributed by atoms with Gasteiger partial charge in [0.2, 0.25) is 0 Å². The van der Waals surface area contributed by atoms with E-state index in [2.05, 4.69) is 23.5 Å². The van der Waals surface area contributed by atoms with E-state index in [4.69, 9.17) is 4.74 Å². The van der Waals surface area contributed by atoms with Crippen LogP contribution < -0.4 is 5.32 Å². The molecule has 0 bridgehead atoms. The van der Waals surface area contributed by atoms with E-state index in [0.717, 1.165) is 25.9 Å². The number of hydrogen-bond acceptors (Lipinski definition) is 3. The van der Waals surface area contributed by atoms with E-state index in [0.29, 0.717) is 12.1 Å². The van der Waals surface area contributed by atoms with E-state index in [1.165, 1.54) is 18.4 Å². The van der Waals surface area contributed by atoms with Crippen LogP contribution in [-0.2, 0) is 17.8 Å². The van der Waals surface area contributed by atoms with Crippen molar-refractivity contribution in [3.8, 4) is 0 Å². The zero-order valence-electron chi connectivity index (χ0n) is 10.9. The van der Waals surface area contributed by atoms with Crippen LogP contribution in [0.5, 0.6) is 0 Å². The summed E-state index contributed by atoms with van der Waals surface area (Å²) in [6.45, 7) is 4.10. The van der Waals surface area contributed by atoms with Crippen LogP contribution in [0, 0.1) is 0 Å². The monoisotopic (exact) mass is 237 g/mol. The summed E-state index contributed by atoms with van der Waals surface area (Å²) >= 11 is 0. The molecule has 1 heterocycles. The van der Waals surface area contributed by atoms with Crippen molar-refractivity contribution in [2.75, 3.05) is 7.11 Å². The Morgan fingerprint density at radius 1 is 1.53 bits per heavy atom. The quantitative estimate of drug-likeness (QED) is 0.822. The van der Waals surface area contributed by atoms with Crippen LogP contribution in [0.25, 0.3) is 0 Å². The number of hydrogen-bond donors (Lipinski definition) is 1. The molecule has 1 aromatic heterocycles. The number of ether oxygens (including phenoxy) is 1. The maximum Gasteiger partial charge on any atom is 0.0586 e. The first kappa shape index (κ1) is 12.6. The molecule has 1 fully saturated rings. The summed E-state index contributed by atoms with van der Waals surface area (Å²) in [5, 5.41) is 7.92. The molecule has 0 amide bonds. The molecule has 0 aliphatic heterocycles. The third-order valence-electron chi connectivity index (χ3n) is 3.45. The Balaban J connectivity index is 1.74. The standard InChI is InChI=1S/C13H23N3O/c1-3-6-16-10-11(9-15-16)8-14-12-4-5-13(7-12)17-2/h9-10,12-14H,3-8H2,1-2H3. The van der Waals surface area contributed by atoms with E-state index < -0.39 is 0 Å². The smallest absolute Gasteiger partial charge is 0.0586 e. The third kappa shape index (κ3) is 3.54. The summed E-state index contributed by atoms with van der Waals surface area (Å²) in [6, 6.07) is 0.606. The molecule has 2 atom stereocenters. The summed E-state index contributed by atoms with van der Waals surface area (Å²) < 4.78 is 7.39. The predicted octanol–water partition coefficient (Wildman–Crippen LogP) is 1.95. The Morgan fingerprint density at radius 2 is 2.41 bits per heavy atom. The van der Waals surface area contributed by atoms with Crippen molar-refractivity contribution in [1.82, 2.24) is 15.1 Å². The lowest BCUT2D eigenvalue weighted by atomic mass is 10.2. The molecular weight excluding hydrogens is 214 g/mol. The van der Waals surface area contributed by atoms with Crippen LogP contribution >= 0.6 is 0 Å². The molecule has 1 N–H and O–H groups in total. The number of rotatable bonds is 6. The SMILES string of the molecule is CCCn1cc(CNC2CCC(OC)C2)cn1. The maximum absolute atomic E-state index is 5.37. The summed E-state index contributed by atoms with van der Waals surface area (Å²) in [5.74, 6) is 0. The average molecular weight is 237 g/mol. The van der Waals surface area contributed by atoms with E-state index in [9.17, 15) is 0 Å². The number of aryl methyl sites for hydroxylation is 1. The lowest BCUT2D eigenvalue weighted by Gasteiger charge is -2.11. The van der Waals surface area contributed by atoms with E-state index in [1.807, 2.05) is 18.0 Å². The molecule has 96 valence electrons. The van der Waals surface area contributed by atoms with Gasteiger partial charge in [0, 0.05) is 38.0 Å². The normalized spacial score (nSPS) is 24.4. The van der Waals surface area contributed by atoms with Gasteiger partial charge in [0.15, 0.2) is 0 Å². The third-order valence-corrected chi connectivity index (χ3v) is 3.45. The fraction of sp³-hybridized carbons (Fsp3) is 0.769. The molecule has 4 heteroatoms. The second-order valence-electron chi connectivity index (χ2n) is 4.86. The first-order chi connectivity index (χ1) is 8.31. The van der Waals surface area contributed by atoms with Gasteiger partial charge in [-0.2, -0.15) is 5.10 Å². The van der Waals surface area contributed by atoms with Crippen molar-refractivity contribution in [1.29, 1.82) is 0 Å². The van der Waals surface area contributed by atoms with Crippen molar-refractivity contribution in [2.24, 2.45) is 0 Å². The van der Waals surface area contributed by atoms with Crippen molar-refractivity contribution >= 4 is 0 Å². The minimum Gasteiger partial charge on any atom is -0.381 e. The van der Waals surface area contributed by atoms with Gasteiger partial charge in [-0.3, -0.25) is 4.68 Å². The second-order valence-corrected chi connectivity index (χ2v) is 4.86. The van der Waals surface area contributed by atoms with Gasteiger partial charge in [0.05, 0.1) is 12.3 Å². The van der Waals surface area contributed by atoms with Crippen molar-refractivity contribution in [2.45, 2.75) is 57.8 Å². The molecule has 2 unspecified atom stereocenters. The Morgan fingerprint density at radius 3 is 3.12 bits per heavy atom. The highest BCUT2D eigenvalue weighted by molar-refractivity contribution is 5.03. The summed E-state index contributed by atoms with van der Waals surface area (Å²) in [7, 11) is 1.81. The first-order valence-corrected chi connectivity index (χ1v) is 6.59. The van der Waals surface area contributed by atoms with Crippen LogP contribution in [0.3, 0.4) is 0 Å². The van der Waals surface area contributed by atoms with Crippen LogP contribution in [0.1, 0.15) is 38.2 Å². The van der Waals surface area contributed by atoms with Crippen molar-refractivity contribution in [3.05, 3.63) is 18.0 Å². The Bertz CT molecular complexity index is 337. The van der Waals surface area contributed by atoms with Gasteiger partial charge in [-0.1, -0.05) is 6.92 Å². The van der Waals surface area contributed by atoms with Gasteiger partial charge >= 0.3 is 0 Å². The second kappa shape index (κ2) is 6.17. The summed E-state index contributed by atoms with van der Waals surface area (Å²) in [4.78, 5) is 0. The molecule has 1 aliphatic rings. The van der Waals surface area contributed by atoms with E-state index >= 15 is 0 Å². The van der Waals surface area contributed by atoms with Gasteiger partial charge in [-0.15, -0.1) is 0 Å². The van der Waals surface area contributed by atoms with Crippen LogP contribution in [0.2, 0.25) is 0 Å². The molecule has 0 radical (unpaired) electrons. The average Bonchev–Trinajstić information content (AvgIpc) is 2.95. The molecule has 0 aromatic carbocycles. The van der Waals surface area contributed by atoms with Gasteiger partial charge < -0.3 is 10.1 Å². The molecular formula is C13H23N3O. The number of nitrogens with zero attached hydrogens (tertiary/aromatic N) is 2. The Hall–Kier alpha value is -0.870. The zero-order valence-corrected chi connectivity index (χ0v) is 10.9. The maximum atomic E-state index is 5.37. The molecule has 1 saturated carbocycles. The van der Waals surface area contributed by atoms with Crippen molar-refractivity contribution < 1.29 is 4.74 Å². The molecule has 17 heavy (non-hydrogen) atoms. The first-order valence-electron chi connectivity index (χ1n) is 6.59. The highest BCUT2D eigenvalue weighted by atomic mass is 16.5. The zero-order chi connectivity index (χ0) is 12.1. The molecule has 4 nitrogen and oxygen atoms in total. The lowest BCUT2D eigenvalue weighted by molar-refractivity contribution is 0.107. The molecule has 2 rings (SSSR count). The lowest BCUT2D eigenvalue weighted by Crippen LogP contribution is -2.26. The number of nitrogens with one attached hydrogen (secondary N) is 1. The van der Waals surface area contributed by atoms with Gasteiger partial charge in [-0.25, -0.2) is 0 Å². The minimum atomic E-state index is 0.454. The minimum absolute atomic E-state index is 0.454. The highest BCUT2D eigenvalue weighted by Gasteiger charge is 2.23. The topological polar surface area (TPSA) is 39.1 Å². The predicted molar refractivity (Wildman–Crippen MR) is 67.8 cm³/mol. The fourth-order valence-corrected chi connectivity index (χ4v) is 2.45. The molecule has 0 spiro atoms. The molecule has 0 saturated heterocycles. The van der Waals surface area contributed by atoms with Gasteiger partial charge in [0.1, 0.15) is 0 Å². The highest BCUT2D eigenvalue weighted by Crippen LogP contribution is 2.21. The Labute approximate surface area is 103 Å². The van der Waals surface area contributed by atoms with Crippen LogP contribution in [0.15, 0.2) is 12.4 Å². The van der Waals surface area contributed by atoms with Gasteiger partial charge in [0.25, 0.3) is 0 Å². The largest absolute Gasteiger partial charge is 0.381 e. The van der Waals surface area contributed by atoms with Crippen LogP contribution in [-0.4, -0.2) is 29.0 Å². The fourth-order valence-electron chi connectivity index (χ4n) is 2.45. The van der Waals surface area contributed by atoms with Crippen LogP contribution in [0.4, 0.5) is 0 Å². The summed E-state index contributed by atoms with van der Waals surface area (Å²) in [6.07, 6.45) is 9.23. The van der Waals surface area contributed by atoms with Crippen molar-refractivity contribution in [3.63, 3.8) is 0 Å². The Kier molecular flexibility index (Phi) is 4.57.